The standard InChI is InChI=1S/C18H12Br2ClNO/c1-2-7-23-18-16(19)9-12(10-17(18)20)8-14(11-22)13-3-5-15(21)6-4-13/h2-6,8-10H,1,7H2/b14-8+. The Kier molecular flexibility index (Phi) is 6.47. The highest BCUT2D eigenvalue weighted by Crippen LogP contribution is 2.36. The van der Waals surface area contributed by atoms with Crippen molar-refractivity contribution in [2.45, 2.75) is 0 Å². The van der Waals surface area contributed by atoms with Gasteiger partial charge in [-0.15, -0.1) is 0 Å². The van der Waals surface area contributed by atoms with Gasteiger partial charge in [0, 0.05) is 5.02 Å². The Morgan fingerprint density at radius 3 is 2.35 bits per heavy atom. The Morgan fingerprint density at radius 2 is 1.83 bits per heavy atom. The van der Waals surface area contributed by atoms with E-state index in [4.69, 9.17) is 16.3 Å². The fourth-order valence-electron chi connectivity index (χ4n) is 1.92. The average Bonchev–Trinajstić information content (AvgIpc) is 2.53. The van der Waals surface area contributed by atoms with Crippen molar-refractivity contribution in [1.82, 2.24) is 0 Å². The SMILES string of the molecule is C=CCOc1c(Br)cc(/C=C(\C#N)c2ccc(Cl)cc2)cc1Br. The second kappa shape index (κ2) is 8.35. The first-order chi connectivity index (χ1) is 11.0. The average molecular weight is 454 g/mol. The lowest BCUT2D eigenvalue weighted by Gasteiger charge is -2.10. The van der Waals surface area contributed by atoms with Crippen LogP contribution >= 0.6 is 43.5 Å². The van der Waals surface area contributed by atoms with Gasteiger partial charge >= 0.3 is 0 Å². The third kappa shape index (κ3) is 4.71. The Hall–Kier alpha value is -1.54. The van der Waals surface area contributed by atoms with Crippen molar-refractivity contribution in [3.8, 4) is 11.8 Å². The largest absolute Gasteiger partial charge is 0.487 e. The summed E-state index contributed by atoms with van der Waals surface area (Å²) in [7, 11) is 0. The highest BCUT2D eigenvalue weighted by atomic mass is 79.9. The van der Waals surface area contributed by atoms with Crippen LogP contribution in [-0.4, -0.2) is 6.61 Å². The first kappa shape index (κ1) is 17.8. The van der Waals surface area contributed by atoms with Crippen LogP contribution in [0.25, 0.3) is 11.6 Å². The molecule has 2 aromatic carbocycles. The maximum absolute atomic E-state index is 9.41. The zero-order valence-electron chi connectivity index (χ0n) is 12.0. The Bertz CT molecular complexity index is 769. The first-order valence-electron chi connectivity index (χ1n) is 6.65. The van der Waals surface area contributed by atoms with Crippen LogP contribution in [0.4, 0.5) is 0 Å². The third-order valence-corrected chi connectivity index (χ3v) is 4.38. The number of rotatable bonds is 5. The molecule has 0 saturated carbocycles. The Morgan fingerprint density at radius 1 is 1.22 bits per heavy atom. The molecular weight excluding hydrogens is 441 g/mol. The molecular formula is C18H12Br2ClNO. The molecule has 0 aliphatic carbocycles. The Labute approximate surface area is 157 Å². The van der Waals surface area contributed by atoms with E-state index < -0.39 is 0 Å². The van der Waals surface area contributed by atoms with Gasteiger partial charge in [0.25, 0.3) is 0 Å². The van der Waals surface area contributed by atoms with Gasteiger partial charge < -0.3 is 4.74 Å². The molecule has 0 N–H and O–H groups in total. The summed E-state index contributed by atoms with van der Waals surface area (Å²) in [5.41, 5.74) is 2.25. The topological polar surface area (TPSA) is 33.0 Å². The Balaban J connectivity index is 2.39. The van der Waals surface area contributed by atoms with E-state index in [1.165, 1.54) is 0 Å². The van der Waals surface area contributed by atoms with Crippen LogP contribution in [0.3, 0.4) is 0 Å². The van der Waals surface area contributed by atoms with E-state index in [2.05, 4.69) is 44.5 Å². The van der Waals surface area contributed by atoms with E-state index in [-0.39, 0.29) is 0 Å². The molecule has 0 spiro atoms. The number of hydrogen-bond acceptors (Lipinski definition) is 2. The highest BCUT2D eigenvalue weighted by Gasteiger charge is 2.09. The normalized spacial score (nSPS) is 11.0. The molecule has 0 saturated heterocycles. The molecule has 0 radical (unpaired) electrons. The van der Waals surface area contributed by atoms with Crippen LogP contribution in [0.5, 0.6) is 5.75 Å². The molecule has 5 heteroatoms. The van der Waals surface area contributed by atoms with Crippen molar-refractivity contribution < 1.29 is 4.74 Å². The maximum Gasteiger partial charge on any atom is 0.148 e. The summed E-state index contributed by atoms with van der Waals surface area (Å²) < 4.78 is 7.19. The number of nitriles is 1. The first-order valence-corrected chi connectivity index (χ1v) is 8.62. The van der Waals surface area contributed by atoms with E-state index in [9.17, 15) is 5.26 Å². The molecule has 0 heterocycles. The molecule has 0 fully saturated rings. The molecule has 0 bridgehead atoms. The van der Waals surface area contributed by atoms with Gasteiger partial charge in [0.1, 0.15) is 12.4 Å². The predicted molar refractivity (Wildman–Crippen MR) is 102 cm³/mol. The van der Waals surface area contributed by atoms with Crippen LogP contribution in [0, 0.1) is 11.3 Å². The summed E-state index contributed by atoms with van der Waals surface area (Å²) in [5.74, 6) is 0.701. The summed E-state index contributed by atoms with van der Waals surface area (Å²) in [5, 5.41) is 10.0. The van der Waals surface area contributed by atoms with Crippen LogP contribution in [0.15, 0.2) is 58.0 Å². The molecule has 23 heavy (non-hydrogen) atoms. The van der Waals surface area contributed by atoms with Gasteiger partial charge in [-0.2, -0.15) is 5.26 Å². The summed E-state index contributed by atoms with van der Waals surface area (Å²) in [6, 6.07) is 13.2. The van der Waals surface area contributed by atoms with Crippen molar-refractivity contribution in [2.75, 3.05) is 6.61 Å². The van der Waals surface area contributed by atoms with Gasteiger partial charge in [-0.1, -0.05) is 36.4 Å². The minimum absolute atomic E-state index is 0.417. The number of ether oxygens (including phenoxy) is 1. The number of hydrogen-bond donors (Lipinski definition) is 0. The van der Waals surface area contributed by atoms with Crippen molar-refractivity contribution in [3.05, 3.63) is 74.1 Å². The van der Waals surface area contributed by atoms with E-state index in [0.29, 0.717) is 23.0 Å². The lowest BCUT2D eigenvalue weighted by Crippen LogP contribution is -1.95. The molecule has 0 aromatic heterocycles. The minimum Gasteiger partial charge on any atom is -0.487 e. The van der Waals surface area contributed by atoms with Crippen LogP contribution in [-0.2, 0) is 0 Å². The van der Waals surface area contributed by atoms with Gasteiger partial charge in [-0.05, 0) is 73.3 Å². The molecule has 0 atom stereocenters. The summed E-state index contributed by atoms with van der Waals surface area (Å²) in [6.45, 7) is 4.05. The zero-order chi connectivity index (χ0) is 16.8. The van der Waals surface area contributed by atoms with E-state index >= 15 is 0 Å². The van der Waals surface area contributed by atoms with E-state index in [1.54, 1.807) is 18.2 Å². The van der Waals surface area contributed by atoms with Gasteiger partial charge in [-0.3, -0.25) is 0 Å². The fraction of sp³-hybridized carbons (Fsp3) is 0.0556. The van der Waals surface area contributed by atoms with Crippen LogP contribution in [0.2, 0.25) is 5.02 Å². The minimum atomic E-state index is 0.417. The van der Waals surface area contributed by atoms with Gasteiger partial charge in [0.05, 0.1) is 20.6 Å². The lowest BCUT2D eigenvalue weighted by atomic mass is 10.0. The number of allylic oxidation sites excluding steroid dienone is 1. The summed E-state index contributed by atoms with van der Waals surface area (Å²) >= 11 is 12.9. The molecule has 2 aromatic rings. The number of halogens is 3. The quantitative estimate of drug-likeness (QED) is 0.294. The number of benzene rings is 2. The van der Waals surface area contributed by atoms with Crippen molar-refractivity contribution in [2.24, 2.45) is 0 Å². The zero-order valence-corrected chi connectivity index (χ0v) is 16.0. The highest BCUT2D eigenvalue weighted by molar-refractivity contribution is 9.11. The van der Waals surface area contributed by atoms with E-state index in [0.717, 1.165) is 20.1 Å². The molecule has 116 valence electrons. The second-order valence-corrected chi connectivity index (χ2v) is 6.74. The maximum atomic E-state index is 9.41. The van der Waals surface area contributed by atoms with Gasteiger partial charge in [-0.25, -0.2) is 0 Å². The van der Waals surface area contributed by atoms with E-state index in [1.807, 2.05) is 30.3 Å². The lowest BCUT2D eigenvalue weighted by molar-refractivity contribution is 0.358. The molecule has 2 rings (SSSR count). The fourth-order valence-corrected chi connectivity index (χ4v) is 3.50. The predicted octanol–water partition coefficient (Wildman–Crippen LogP) is 6.49. The van der Waals surface area contributed by atoms with Gasteiger partial charge in [0.15, 0.2) is 0 Å². The van der Waals surface area contributed by atoms with Crippen LogP contribution < -0.4 is 4.74 Å². The summed E-state index contributed by atoms with van der Waals surface area (Å²) in [6.07, 6.45) is 3.50. The molecule has 0 unspecified atom stereocenters. The molecule has 0 amide bonds. The molecule has 0 aliphatic heterocycles. The van der Waals surface area contributed by atoms with Crippen LogP contribution in [0.1, 0.15) is 11.1 Å². The molecule has 0 aliphatic rings. The van der Waals surface area contributed by atoms with Crippen molar-refractivity contribution in [3.63, 3.8) is 0 Å². The number of nitrogens with zero attached hydrogens (tertiary/aromatic N) is 1. The van der Waals surface area contributed by atoms with Crippen molar-refractivity contribution in [1.29, 1.82) is 5.26 Å². The monoisotopic (exact) mass is 451 g/mol. The third-order valence-electron chi connectivity index (χ3n) is 2.95. The smallest absolute Gasteiger partial charge is 0.148 e. The van der Waals surface area contributed by atoms with Gasteiger partial charge in [0.2, 0.25) is 0 Å². The summed E-state index contributed by atoms with van der Waals surface area (Å²) in [4.78, 5) is 0. The van der Waals surface area contributed by atoms with Crippen molar-refractivity contribution >= 4 is 55.1 Å². The molecule has 2 nitrogen and oxygen atoms in total. The second-order valence-electron chi connectivity index (χ2n) is 4.59.